The maximum absolute atomic E-state index is 9.13. The zero-order valence-corrected chi connectivity index (χ0v) is 5.50. The van der Waals surface area contributed by atoms with Crippen LogP contribution in [0.1, 0.15) is 6.92 Å². The van der Waals surface area contributed by atoms with E-state index in [1.54, 1.807) is 6.92 Å². The predicted octanol–water partition coefficient (Wildman–Crippen LogP) is 0.0463. The fourth-order valence-corrected chi connectivity index (χ4v) is 0.0645. The van der Waals surface area contributed by atoms with Gasteiger partial charge in [-0.2, -0.15) is 0 Å². The first-order valence-corrected chi connectivity index (χ1v) is 2.42. The Morgan fingerprint density at radius 1 is 1.80 bits per heavy atom. The van der Waals surface area contributed by atoms with Crippen LogP contribution in [0.25, 0.3) is 0 Å². The fourth-order valence-electron chi connectivity index (χ4n) is 0.0645. The number of carboxylic acids is 1. The minimum Gasteiger partial charge on any atom is -0.472 e. The normalized spacial score (nSPS) is 5.60. The Morgan fingerprint density at radius 3 is 2.20 bits per heavy atom. The summed E-state index contributed by atoms with van der Waals surface area (Å²) in [6, 6.07) is 0. The van der Waals surface area contributed by atoms with Gasteiger partial charge in [0.05, 0.1) is 0 Å². The van der Waals surface area contributed by atoms with Crippen LogP contribution in [0.2, 0.25) is 0 Å². The lowest BCUT2D eigenvalue weighted by atomic mass is 10.7. The molecule has 54 valence electrons. The third kappa shape index (κ3) is 32.3. The SMILES string of the molecule is C#CC(=O)O.CCN=C=O. The Morgan fingerprint density at radius 2 is 2.20 bits per heavy atom. The quantitative estimate of drug-likeness (QED) is 0.318. The van der Waals surface area contributed by atoms with Crippen LogP contribution in [0.4, 0.5) is 0 Å². The molecule has 0 aliphatic rings. The summed E-state index contributed by atoms with van der Waals surface area (Å²) in [5.74, 6) is 0.227. The van der Waals surface area contributed by atoms with Gasteiger partial charge in [0.25, 0.3) is 0 Å². The molecule has 10 heavy (non-hydrogen) atoms. The van der Waals surface area contributed by atoms with Crippen LogP contribution in [0.15, 0.2) is 4.99 Å². The van der Waals surface area contributed by atoms with E-state index in [2.05, 4.69) is 11.4 Å². The average Bonchev–Trinajstić information content (AvgIpc) is 1.91. The molecule has 4 heteroatoms. The highest BCUT2D eigenvalue weighted by Gasteiger charge is 1.74. The van der Waals surface area contributed by atoms with Gasteiger partial charge in [-0.15, -0.1) is 6.42 Å². The van der Waals surface area contributed by atoms with Crippen molar-refractivity contribution in [2.45, 2.75) is 6.92 Å². The number of rotatable bonds is 1. The minimum atomic E-state index is -1.22. The Hall–Kier alpha value is -1.59. The first-order chi connectivity index (χ1) is 4.68. The van der Waals surface area contributed by atoms with Crippen LogP contribution >= 0.6 is 0 Å². The van der Waals surface area contributed by atoms with Crippen molar-refractivity contribution in [1.29, 1.82) is 0 Å². The summed E-state index contributed by atoms with van der Waals surface area (Å²) < 4.78 is 0. The highest BCUT2D eigenvalue weighted by molar-refractivity contribution is 5.85. The van der Waals surface area contributed by atoms with E-state index in [0.29, 0.717) is 6.54 Å². The second-order valence-corrected chi connectivity index (χ2v) is 1.02. The summed E-state index contributed by atoms with van der Waals surface area (Å²) in [5.41, 5.74) is 0. The van der Waals surface area contributed by atoms with Crippen LogP contribution < -0.4 is 0 Å². The average molecular weight is 141 g/mol. The van der Waals surface area contributed by atoms with Gasteiger partial charge in [0.2, 0.25) is 6.08 Å². The summed E-state index contributed by atoms with van der Waals surface area (Å²) >= 11 is 0. The number of hydrogen-bond donors (Lipinski definition) is 1. The van der Waals surface area contributed by atoms with Gasteiger partial charge in [-0.3, -0.25) is 0 Å². The summed E-state index contributed by atoms with van der Waals surface area (Å²) in [6.45, 7) is 2.33. The summed E-state index contributed by atoms with van der Waals surface area (Å²) in [4.78, 5) is 21.4. The fraction of sp³-hybridized carbons (Fsp3) is 0.333. The van der Waals surface area contributed by atoms with Gasteiger partial charge in [-0.1, -0.05) is 0 Å². The van der Waals surface area contributed by atoms with Crippen molar-refractivity contribution >= 4 is 12.0 Å². The monoisotopic (exact) mass is 141 g/mol. The molecule has 4 nitrogen and oxygen atoms in total. The molecule has 0 unspecified atom stereocenters. The zero-order chi connectivity index (χ0) is 8.41. The van der Waals surface area contributed by atoms with Crippen molar-refractivity contribution in [3.05, 3.63) is 0 Å². The second kappa shape index (κ2) is 10.4. The van der Waals surface area contributed by atoms with E-state index in [9.17, 15) is 0 Å². The third-order valence-corrected chi connectivity index (χ3v) is 0.346. The van der Waals surface area contributed by atoms with Crippen molar-refractivity contribution in [1.82, 2.24) is 0 Å². The lowest BCUT2D eigenvalue weighted by Gasteiger charge is -1.60. The maximum atomic E-state index is 9.13. The number of terminal acetylenes is 1. The van der Waals surface area contributed by atoms with E-state index in [4.69, 9.17) is 14.7 Å². The minimum absolute atomic E-state index is 0.545. The number of aliphatic imine (C=N–C) groups is 1. The van der Waals surface area contributed by atoms with Gasteiger partial charge >= 0.3 is 5.97 Å². The third-order valence-electron chi connectivity index (χ3n) is 0.346. The van der Waals surface area contributed by atoms with Crippen molar-refractivity contribution < 1.29 is 14.7 Å². The summed E-state index contributed by atoms with van der Waals surface area (Å²) in [6.07, 6.45) is 5.71. The standard InChI is InChI=1S/C3H5NO.C3H2O2/c1-2-4-3-5;1-2-3(4)5/h2H2,1H3;1H,(H,4,5). The molecule has 0 rings (SSSR count). The molecule has 0 aliphatic carbocycles. The Kier molecular flexibility index (Phi) is 11.7. The molecule has 0 atom stereocenters. The predicted molar refractivity (Wildman–Crippen MR) is 35.1 cm³/mol. The van der Waals surface area contributed by atoms with Gasteiger partial charge in [0.15, 0.2) is 0 Å². The van der Waals surface area contributed by atoms with Crippen molar-refractivity contribution in [2.24, 2.45) is 4.99 Å². The molecule has 0 fully saturated rings. The Balaban J connectivity index is 0. The van der Waals surface area contributed by atoms with Gasteiger partial charge < -0.3 is 5.11 Å². The highest BCUT2D eigenvalue weighted by Crippen LogP contribution is 1.52. The van der Waals surface area contributed by atoms with Gasteiger partial charge in [0.1, 0.15) is 0 Å². The van der Waals surface area contributed by atoms with E-state index in [1.165, 1.54) is 12.0 Å². The van der Waals surface area contributed by atoms with E-state index in [-0.39, 0.29) is 0 Å². The summed E-state index contributed by atoms with van der Waals surface area (Å²) in [5, 5.41) is 7.49. The van der Waals surface area contributed by atoms with E-state index >= 15 is 0 Å². The number of aliphatic carboxylic acids is 1. The van der Waals surface area contributed by atoms with Crippen molar-refractivity contribution in [3.8, 4) is 12.3 Å². The summed E-state index contributed by atoms with van der Waals surface area (Å²) in [7, 11) is 0. The maximum Gasteiger partial charge on any atom is 0.381 e. The zero-order valence-electron chi connectivity index (χ0n) is 5.50. The van der Waals surface area contributed by atoms with Crippen molar-refractivity contribution in [2.75, 3.05) is 6.54 Å². The number of carboxylic acid groups (broad SMARTS) is 1. The van der Waals surface area contributed by atoms with E-state index < -0.39 is 5.97 Å². The van der Waals surface area contributed by atoms with E-state index in [1.807, 2.05) is 0 Å². The molecule has 0 aromatic heterocycles. The molecule has 1 N–H and O–H groups in total. The number of hydrogen-bond acceptors (Lipinski definition) is 3. The van der Waals surface area contributed by atoms with Crippen LogP contribution in [-0.4, -0.2) is 23.7 Å². The number of carbonyl (C=O) groups excluding carboxylic acids is 1. The largest absolute Gasteiger partial charge is 0.472 e. The molecule has 0 saturated heterocycles. The molecule has 0 bridgehead atoms. The first-order valence-electron chi connectivity index (χ1n) is 2.42. The van der Waals surface area contributed by atoms with Crippen LogP contribution in [0.3, 0.4) is 0 Å². The van der Waals surface area contributed by atoms with Gasteiger partial charge in [-0.25, -0.2) is 14.6 Å². The number of isocyanates is 1. The molecule has 0 amide bonds. The van der Waals surface area contributed by atoms with Crippen LogP contribution in [-0.2, 0) is 9.59 Å². The highest BCUT2D eigenvalue weighted by atomic mass is 16.4. The van der Waals surface area contributed by atoms with E-state index in [0.717, 1.165) is 0 Å². The number of carbonyl (C=O) groups is 1. The lowest BCUT2D eigenvalue weighted by Crippen LogP contribution is -1.83. The molecular formula is C6H7NO3. The number of nitrogens with zero attached hydrogens (tertiary/aromatic N) is 1. The van der Waals surface area contributed by atoms with Crippen LogP contribution in [0, 0.1) is 12.3 Å². The molecule has 0 aromatic carbocycles. The Bertz CT molecular complexity index is 174. The molecular weight excluding hydrogens is 134 g/mol. The first kappa shape index (κ1) is 11.2. The smallest absolute Gasteiger partial charge is 0.381 e. The second-order valence-electron chi connectivity index (χ2n) is 1.02. The Labute approximate surface area is 58.6 Å². The molecule has 0 heterocycles. The molecule has 0 radical (unpaired) electrons. The molecule has 0 aromatic rings. The van der Waals surface area contributed by atoms with Crippen molar-refractivity contribution in [3.63, 3.8) is 0 Å². The van der Waals surface area contributed by atoms with Crippen LogP contribution in [0.5, 0.6) is 0 Å². The lowest BCUT2D eigenvalue weighted by molar-refractivity contribution is -0.130. The topological polar surface area (TPSA) is 66.7 Å². The van der Waals surface area contributed by atoms with Gasteiger partial charge in [0, 0.05) is 12.5 Å². The molecule has 0 aliphatic heterocycles. The molecule has 0 spiro atoms. The van der Waals surface area contributed by atoms with Gasteiger partial charge in [-0.05, 0) is 6.92 Å². The molecule has 0 saturated carbocycles.